The second-order valence-corrected chi connectivity index (χ2v) is 6.75. The Labute approximate surface area is 168 Å². The van der Waals surface area contributed by atoms with Crippen molar-refractivity contribution in [3.05, 3.63) is 62.1 Å². The van der Waals surface area contributed by atoms with E-state index in [9.17, 15) is 14.9 Å². The van der Waals surface area contributed by atoms with Gasteiger partial charge >= 0.3 is 0 Å². The van der Waals surface area contributed by atoms with Crippen LogP contribution in [0.3, 0.4) is 0 Å². The lowest BCUT2D eigenvalue weighted by Gasteiger charge is -2.07. The minimum Gasteiger partial charge on any atom is -0.496 e. The highest BCUT2D eigenvalue weighted by Crippen LogP contribution is 2.29. The molecule has 28 heavy (non-hydrogen) atoms. The van der Waals surface area contributed by atoms with Gasteiger partial charge in [-0.05, 0) is 48.0 Å². The minimum absolute atomic E-state index is 0.0628. The number of carbonyl (C=O) groups excluding carboxylic acids is 1. The molecule has 0 saturated heterocycles. The van der Waals surface area contributed by atoms with Gasteiger partial charge in [-0.1, -0.05) is 0 Å². The maximum Gasteiger partial charge on any atom is 0.296 e. The van der Waals surface area contributed by atoms with Gasteiger partial charge in [0.1, 0.15) is 18.1 Å². The molecule has 3 aromatic rings. The van der Waals surface area contributed by atoms with Crippen LogP contribution >= 0.6 is 15.9 Å². The molecule has 0 fully saturated rings. The van der Waals surface area contributed by atoms with Crippen LogP contribution in [0.5, 0.6) is 5.75 Å². The van der Waals surface area contributed by atoms with E-state index in [2.05, 4.69) is 31.4 Å². The third kappa shape index (κ3) is 3.88. The standard InChI is InChI=1S/C17H17BrN6O4/c1-10-16(18)11(2)23(20-10)9-22-7-6-14(21-22)17(25)19-13-5-4-12(28-3)8-15(13)24(26)27/h4-8H,9H2,1-3H3,(H,19,25). The monoisotopic (exact) mass is 448 g/mol. The first-order chi connectivity index (χ1) is 13.3. The van der Waals surface area contributed by atoms with E-state index < -0.39 is 10.8 Å². The summed E-state index contributed by atoms with van der Waals surface area (Å²) in [5.74, 6) is -0.230. The Morgan fingerprint density at radius 2 is 2.07 bits per heavy atom. The Hall–Kier alpha value is -3.21. The van der Waals surface area contributed by atoms with Gasteiger partial charge in [0.15, 0.2) is 5.69 Å². The average Bonchev–Trinajstić information content (AvgIpc) is 3.23. The van der Waals surface area contributed by atoms with E-state index in [1.54, 1.807) is 15.6 Å². The number of benzene rings is 1. The molecule has 1 amide bonds. The Morgan fingerprint density at radius 1 is 1.32 bits per heavy atom. The minimum atomic E-state index is -0.586. The Balaban J connectivity index is 1.78. The van der Waals surface area contributed by atoms with Crippen molar-refractivity contribution in [1.29, 1.82) is 0 Å². The number of aryl methyl sites for hydroxylation is 1. The van der Waals surface area contributed by atoms with Crippen molar-refractivity contribution in [2.75, 3.05) is 12.4 Å². The smallest absolute Gasteiger partial charge is 0.296 e. The van der Waals surface area contributed by atoms with Crippen LogP contribution in [0.1, 0.15) is 21.9 Å². The van der Waals surface area contributed by atoms with E-state index in [1.807, 2.05) is 13.8 Å². The molecule has 2 heterocycles. The van der Waals surface area contributed by atoms with E-state index in [0.717, 1.165) is 15.9 Å². The molecule has 0 aliphatic carbocycles. The lowest BCUT2D eigenvalue weighted by atomic mass is 10.2. The Morgan fingerprint density at radius 3 is 2.68 bits per heavy atom. The second kappa shape index (κ2) is 7.80. The molecule has 0 saturated carbocycles. The van der Waals surface area contributed by atoms with Crippen LogP contribution in [0.15, 0.2) is 34.9 Å². The van der Waals surface area contributed by atoms with Crippen LogP contribution in [0.4, 0.5) is 11.4 Å². The highest BCUT2D eigenvalue weighted by atomic mass is 79.9. The molecule has 0 bridgehead atoms. The molecule has 2 aromatic heterocycles. The third-order valence-electron chi connectivity index (χ3n) is 4.10. The summed E-state index contributed by atoms with van der Waals surface area (Å²) < 4.78 is 9.22. The first kappa shape index (κ1) is 19.5. The molecule has 11 heteroatoms. The van der Waals surface area contributed by atoms with Crippen molar-refractivity contribution < 1.29 is 14.5 Å². The predicted molar refractivity (Wildman–Crippen MR) is 105 cm³/mol. The van der Waals surface area contributed by atoms with Crippen LogP contribution in [-0.4, -0.2) is 37.5 Å². The normalized spacial score (nSPS) is 10.7. The van der Waals surface area contributed by atoms with E-state index in [1.165, 1.54) is 31.4 Å². The van der Waals surface area contributed by atoms with Gasteiger partial charge in [-0.15, -0.1) is 0 Å². The fourth-order valence-electron chi connectivity index (χ4n) is 2.59. The van der Waals surface area contributed by atoms with Gasteiger partial charge in [0.05, 0.1) is 34.0 Å². The SMILES string of the molecule is COc1ccc(NC(=O)c2ccn(Cn3nc(C)c(Br)c3C)n2)c([N+](=O)[O-])c1. The first-order valence-corrected chi connectivity index (χ1v) is 8.96. The fourth-order valence-corrected chi connectivity index (χ4v) is 2.88. The Bertz CT molecular complexity index is 1060. The van der Waals surface area contributed by atoms with E-state index in [0.29, 0.717) is 12.4 Å². The van der Waals surface area contributed by atoms with E-state index in [-0.39, 0.29) is 17.1 Å². The quantitative estimate of drug-likeness (QED) is 0.457. The zero-order valence-electron chi connectivity index (χ0n) is 15.3. The van der Waals surface area contributed by atoms with Gasteiger partial charge in [-0.3, -0.25) is 19.6 Å². The molecule has 1 aromatic carbocycles. The highest BCUT2D eigenvalue weighted by Gasteiger charge is 2.19. The van der Waals surface area contributed by atoms with Gasteiger partial charge < -0.3 is 10.1 Å². The molecule has 0 spiro atoms. The maximum atomic E-state index is 12.5. The molecule has 10 nitrogen and oxygen atoms in total. The number of halogens is 1. The van der Waals surface area contributed by atoms with Gasteiger partial charge in [-0.25, -0.2) is 4.68 Å². The molecule has 0 atom stereocenters. The van der Waals surface area contributed by atoms with E-state index in [4.69, 9.17) is 4.74 Å². The molecule has 0 unspecified atom stereocenters. The number of hydrogen-bond donors (Lipinski definition) is 1. The van der Waals surface area contributed by atoms with Crippen molar-refractivity contribution in [1.82, 2.24) is 19.6 Å². The number of nitro benzene ring substituents is 1. The zero-order valence-corrected chi connectivity index (χ0v) is 16.9. The number of nitro groups is 1. The van der Waals surface area contributed by atoms with Crippen molar-refractivity contribution in [2.24, 2.45) is 0 Å². The lowest BCUT2D eigenvalue weighted by Crippen LogP contribution is -2.16. The maximum absolute atomic E-state index is 12.5. The number of rotatable bonds is 6. The molecule has 0 aliphatic rings. The third-order valence-corrected chi connectivity index (χ3v) is 5.24. The lowest BCUT2D eigenvalue weighted by molar-refractivity contribution is -0.384. The second-order valence-electron chi connectivity index (χ2n) is 5.96. The predicted octanol–water partition coefficient (Wildman–Crippen LogP) is 3.13. The Kier molecular flexibility index (Phi) is 5.45. The summed E-state index contributed by atoms with van der Waals surface area (Å²) in [6.45, 7) is 4.13. The summed E-state index contributed by atoms with van der Waals surface area (Å²) in [5, 5.41) is 22.4. The molecule has 146 valence electrons. The summed E-state index contributed by atoms with van der Waals surface area (Å²) in [4.78, 5) is 23.1. The van der Waals surface area contributed by atoms with Crippen molar-refractivity contribution in [2.45, 2.75) is 20.5 Å². The fraction of sp³-hybridized carbons (Fsp3) is 0.235. The average molecular weight is 449 g/mol. The van der Waals surface area contributed by atoms with Crippen LogP contribution in [0.25, 0.3) is 0 Å². The summed E-state index contributed by atoms with van der Waals surface area (Å²) in [5.41, 5.74) is 1.72. The summed E-state index contributed by atoms with van der Waals surface area (Å²) in [7, 11) is 1.41. The number of ether oxygens (including phenoxy) is 1. The molecular formula is C17H17BrN6O4. The van der Waals surface area contributed by atoms with Gasteiger partial charge in [0, 0.05) is 6.20 Å². The van der Waals surface area contributed by atoms with Crippen LogP contribution < -0.4 is 10.1 Å². The van der Waals surface area contributed by atoms with Gasteiger partial charge in [0.25, 0.3) is 11.6 Å². The van der Waals surface area contributed by atoms with Crippen molar-refractivity contribution >= 4 is 33.2 Å². The van der Waals surface area contributed by atoms with Gasteiger partial charge in [-0.2, -0.15) is 10.2 Å². The molecule has 0 aliphatic heterocycles. The number of anilines is 1. The largest absolute Gasteiger partial charge is 0.496 e. The number of nitrogens with one attached hydrogen (secondary N) is 1. The topological polar surface area (TPSA) is 117 Å². The number of amides is 1. The van der Waals surface area contributed by atoms with Crippen molar-refractivity contribution in [3.63, 3.8) is 0 Å². The van der Waals surface area contributed by atoms with Crippen molar-refractivity contribution in [3.8, 4) is 5.75 Å². The number of nitrogens with zero attached hydrogens (tertiary/aromatic N) is 5. The molecule has 1 N–H and O–H groups in total. The van der Waals surface area contributed by atoms with E-state index >= 15 is 0 Å². The van der Waals surface area contributed by atoms with Crippen LogP contribution in [0, 0.1) is 24.0 Å². The molecule has 3 rings (SSSR count). The highest BCUT2D eigenvalue weighted by molar-refractivity contribution is 9.10. The van der Waals surface area contributed by atoms with Crippen LogP contribution in [0.2, 0.25) is 0 Å². The summed E-state index contributed by atoms with van der Waals surface area (Å²) in [6, 6.07) is 5.72. The summed E-state index contributed by atoms with van der Waals surface area (Å²) >= 11 is 3.47. The van der Waals surface area contributed by atoms with Gasteiger partial charge in [0.2, 0.25) is 0 Å². The number of carbonyl (C=O) groups is 1. The zero-order chi connectivity index (χ0) is 20.4. The van der Waals surface area contributed by atoms with Crippen LogP contribution in [-0.2, 0) is 6.67 Å². The number of methoxy groups -OCH3 is 1. The first-order valence-electron chi connectivity index (χ1n) is 8.17. The number of aromatic nitrogens is 4. The molecule has 0 radical (unpaired) electrons. The molecular weight excluding hydrogens is 432 g/mol. The summed E-state index contributed by atoms with van der Waals surface area (Å²) in [6.07, 6.45) is 1.64. The number of hydrogen-bond acceptors (Lipinski definition) is 6.